The molecule has 86 valence electrons. The van der Waals surface area contributed by atoms with Crippen molar-refractivity contribution in [2.24, 2.45) is 5.92 Å². The number of rotatable bonds is 3. The van der Waals surface area contributed by atoms with Crippen molar-refractivity contribution >= 4 is 11.6 Å². The van der Waals surface area contributed by atoms with Crippen LogP contribution in [0.3, 0.4) is 0 Å². The minimum absolute atomic E-state index is 0.0611. The molecular formula is C12H14O4. The first-order chi connectivity index (χ1) is 7.36. The van der Waals surface area contributed by atoms with E-state index >= 15 is 0 Å². The van der Waals surface area contributed by atoms with E-state index in [0.29, 0.717) is 0 Å². The van der Waals surface area contributed by atoms with Gasteiger partial charge in [-0.25, -0.2) is 0 Å². The van der Waals surface area contributed by atoms with E-state index in [0.717, 1.165) is 0 Å². The fourth-order valence-electron chi connectivity index (χ4n) is 1.27. The highest BCUT2D eigenvalue weighted by Gasteiger charge is 2.23. The van der Waals surface area contributed by atoms with Crippen LogP contribution in [0.2, 0.25) is 0 Å². The second kappa shape index (κ2) is 4.35. The smallest absolute Gasteiger partial charge is 0.232 e. The van der Waals surface area contributed by atoms with Gasteiger partial charge in [-0.3, -0.25) is 9.59 Å². The Balaban J connectivity index is 3.21. The van der Waals surface area contributed by atoms with E-state index in [2.05, 4.69) is 0 Å². The maximum atomic E-state index is 11.7. The van der Waals surface area contributed by atoms with Crippen molar-refractivity contribution in [3.05, 3.63) is 23.3 Å². The zero-order chi connectivity index (χ0) is 12.5. The largest absolute Gasteiger partial charge is 0.508 e. The Morgan fingerprint density at radius 3 is 2.25 bits per heavy atom. The van der Waals surface area contributed by atoms with Gasteiger partial charge in [-0.15, -0.1) is 0 Å². The van der Waals surface area contributed by atoms with E-state index < -0.39 is 17.5 Å². The van der Waals surface area contributed by atoms with Gasteiger partial charge in [0.15, 0.2) is 0 Å². The Morgan fingerprint density at radius 1 is 1.19 bits per heavy atom. The number of ketones is 2. The molecule has 0 radical (unpaired) electrons. The molecule has 0 amide bonds. The number of Topliss-reactive ketones (excluding diaryl/α,β-unsaturated/α-hetero) is 2. The molecule has 0 aromatic heterocycles. The second-order valence-electron chi connectivity index (χ2n) is 3.95. The van der Waals surface area contributed by atoms with E-state index in [1.165, 1.54) is 19.1 Å². The molecule has 4 heteroatoms. The molecule has 4 nitrogen and oxygen atoms in total. The zero-order valence-electron chi connectivity index (χ0n) is 9.44. The molecule has 0 unspecified atom stereocenters. The number of phenolic OH excluding ortho intramolecular Hbond substituents is 2. The summed E-state index contributed by atoms with van der Waals surface area (Å²) < 4.78 is 0. The van der Waals surface area contributed by atoms with Gasteiger partial charge in [0, 0.05) is 11.5 Å². The molecule has 0 aliphatic heterocycles. The standard InChI is InChI=1S/C12H14O4/c1-6(2)10(14)12(16)8-4-5-9(13)7(3)11(8)15/h4-6,13,15H,1-3H3. The van der Waals surface area contributed by atoms with Gasteiger partial charge in [0.2, 0.25) is 11.6 Å². The van der Waals surface area contributed by atoms with Crippen LogP contribution in [0.4, 0.5) is 0 Å². The normalized spacial score (nSPS) is 10.5. The van der Waals surface area contributed by atoms with Gasteiger partial charge >= 0.3 is 0 Å². The molecular weight excluding hydrogens is 208 g/mol. The minimum Gasteiger partial charge on any atom is -0.508 e. The van der Waals surface area contributed by atoms with Crippen molar-refractivity contribution in [3.63, 3.8) is 0 Å². The van der Waals surface area contributed by atoms with Gasteiger partial charge in [-0.2, -0.15) is 0 Å². The molecule has 0 saturated heterocycles. The van der Waals surface area contributed by atoms with Gasteiger partial charge in [-0.05, 0) is 19.1 Å². The third kappa shape index (κ3) is 2.05. The molecule has 0 spiro atoms. The van der Waals surface area contributed by atoms with E-state index in [9.17, 15) is 19.8 Å². The summed E-state index contributed by atoms with van der Waals surface area (Å²) in [6, 6.07) is 2.54. The number of hydrogen-bond donors (Lipinski definition) is 2. The Bertz CT molecular complexity index is 447. The number of phenols is 2. The van der Waals surface area contributed by atoms with Gasteiger partial charge in [0.1, 0.15) is 11.5 Å². The molecule has 0 saturated carbocycles. The fraction of sp³-hybridized carbons (Fsp3) is 0.333. The first-order valence-electron chi connectivity index (χ1n) is 4.96. The summed E-state index contributed by atoms with van der Waals surface area (Å²) in [5, 5.41) is 18.9. The molecule has 1 aromatic carbocycles. The quantitative estimate of drug-likeness (QED) is 0.604. The Hall–Kier alpha value is -1.84. The van der Waals surface area contributed by atoms with Crippen LogP contribution in [0.5, 0.6) is 11.5 Å². The molecule has 1 aromatic rings. The average molecular weight is 222 g/mol. The number of benzene rings is 1. The van der Waals surface area contributed by atoms with E-state index in [-0.39, 0.29) is 22.6 Å². The van der Waals surface area contributed by atoms with Crippen LogP contribution < -0.4 is 0 Å². The lowest BCUT2D eigenvalue weighted by Crippen LogP contribution is -2.19. The molecule has 0 aliphatic rings. The minimum atomic E-state index is -0.726. The Kier molecular flexibility index (Phi) is 3.32. The van der Waals surface area contributed by atoms with Crippen LogP contribution >= 0.6 is 0 Å². The number of carbonyl (C=O) groups excluding carboxylic acids is 2. The zero-order valence-corrected chi connectivity index (χ0v) is 9.44. The molecule has 1 rings (SSSR count). The van der Waals surface area contributed by atoms with E-state index in [1.807, 2.05) is 0 Å². The van der Waals surface area contributed by atoms with Crippen molar-refractivity contribution in [2.75, 3.05) is 0 Å². The Labute approximate surface area is 93.5 Å². The average Bonchev–Trinajstić information content (AvgIpc) is 2.24. The fourth-order valence-corrected chi connectivity index (χ4v) is 1.27. The predicted octanol–water partition coefficient (Wildman–Crippen LogP) is 1.81. The second-order valence-corrected chi connectivity index (χ2v) is 3.95. The SMILES string of the molecule is Cc1c(O)ccc(C(=O)C(=O)C(C)C)c1O. The monoisotopic (exact) mass is 222 g/mol. The third-order valence-corrected chi connectivity index (χ3v) is 2.40. The van der Waals surface area contributed by atoms with Crippen LogP contribution in [0.15, 0.2) is 12.1 Å². The number of carbonyl (C=O) groups is 2. The van der Waals surface area contributed by atoms with E-state index in [1.54, 1.807) is 13.8 Å². The van der Waals surface area contributed by atoms with Crippen LogP contribution in [0.25, 0.3) is 0 Å². The lowest BCUT2D eigenvalue weighted by atomic mass is 9.97. The highest BCUT2D eigenvalue weighted by atomic mass is 16.3. The summed E-state index contributed by atoms with van der Waals surface area (Å²) in [7, 11) is 0. The van der Waals surface area contributed by atoms with Crippen molar-refractivity contribution in [1.82, 2.24) is 0 Å². The first-order valence-corrected chi connectivity index (χ1v) is 4.96. The summed E-state index contributed by atoms with van der Waals surface area (Å²) in [6.07, 6.45) is 0. The highest BCUT2D eigenvalue weighted by Crippen LogP contribution is 2.30. The molecule has 2 N–H and O–H groups in total. The molecule has 0 bridgehead atoms. The van der Waals surface area contributed by atoms with Crippen molar-refractivity contribution in [1.29, 1.82) is 0 Å². The topological polar surface area (TPSA) is 74.6 Å². The van der Waals surface area contributed by atoms with Crippen LogP contribution in [0, 0.1) is 12.8 Å². The summed E-state index contributed by atoms with van der Waals surface area (Å²) >= 11 is 0. The van der Waals surface area contributed by atoms with Gasteiger partial charge in [0.05, 0.1) is 5.56 Å². The van der Waals surface area contributed by atoms with Crippen molar-refractivity contribution in [2.45, 2.75) is 20.8 Å². The number of hydrogen-bond acceptors (Lipinski definition) is 4. The predicted molar refractivity (Wildman–Crippen MR) is 58.7 cm³/mol. The maximum Gasteiger partial charge on any atom is 0.232 e. The van der Waals surface area contributed by atoms with E-state index in [4.69, 9.17) is 0 Å². The van der Waals surface area contributed by atoms with Crippen LogP contribution in [-0.2, 0) is 4.79 Å². The lowest BCUT2D eigenvalue weighted by molar-refractivity contribution is -0.117. The van der Waals surface area contributed by atoms with Crippen LogP contribution in [-0.4, -0.2) is 21.8 Å². The molecule has 0 aliphatic carbocycles. The third-order valence-electron chi connectivity index (χ3n) is 2.40. The Morgan fingerprint density at radius 2 is 1.75 bits per heavy atom. The summed E-state index contributed by atoms with van der Waals surface area (Å²) in [5.41, 5.74) is 0.136. The summed E-state index contributed by atoms with van der Waals surface area (Å²) in [5.74, 6) is -2.14. The molecule has 0 heterocycles. The van der Waals surface area contributed by atoms with Gasteiger partial charge in [0.25, 0.3) is 0 Å². The number of aromatic hydroxyl groups is 2. The molecule has 16 heavy (non-hydrogen) atoms. The maximum absolute atomic E-state index is 11.7. The highest BCUT2D eigenvalue weighted by molar-refractivity contribution is 6.44. The first kappa shape index (κ1) is 12.2. The van der Waals surface area contributed by atoms with Gasteiger partial charge in [-0.1, -0.05) is 13.8 Å². The molecule has 0 fully saturated rings. The summed E-state index contributed by atoms with van der Waals surface area (Å²) in [6.45, 7) is 4.70. The molecule has 0 atom stereocenters. The van der Waals surface area contributed by atoms with Gasteiger partial charge < -0.3 is 10.2 Å². The van der Waals surface area contributed by atoms with Crippen LogP contribution in [0.1, 0.15) is 29.8 Å². The summed E-state index contributed by atoms with van der Waals surface area (Å²) in [4.78, 5) is 23.1. The van der Waals surface area contributed by atoms with Crippen molar-refractivity contribution in [3.8, 4) is 11.5 Å². The lowest BCUT2D eigenvalue weighted by Gasteiger charge is -2.08. The van der Waals surface area contributed by atoms with Crippen molar-refractivity contribution < 1.29 is 19.8 Å².